The van der Waals surface area contributed by atoms with E-state index in [0.717, 1.165) is 42.8 Å². The number of carbonyl (C=O) groups excluding carboxylic acids is 1. The van der Waals surface area contributed by atoms with Crippen molar-refractivity contribution in [1.82, 2.24) is 9.80 Å². The Balaban J connectivity index is 2.00. The van der Waals surface area contributed by atoms with Gasteiger partial charge in [-0.2, -0.15) is 0 Å². The van der Waals surface area contributed by atoms with Crippen LogP contribution in [-0.2, 0) is 17.7 Å². The number of amides is 1. The van der Waals surface area contributed by atoms with Crippen molar-refractivity contribution in [2.45, 2.75) is 65.1 Å². The molecule has 1 aromatic rings. The molecule has 0 unspecified atom stereocenters. The minimum atomic E-state index is -0.488. The number of hydrogen-bond acceptors (Lipinski definition) is 5. The van der Waals surface area contributed by atoms with Crippen LogP contribution < -0.4 is 4.74 Å². The van der Waals surface area contributed by atoms with Crippen LogP contribution in [0.5, 0.6) is 11.5 Å². The summed E-state index contributed by atoms with van der Waals surface area (Å²) >= 11 is 0. The lowest BCUT2D eigenvalue weighted by Gasteiger charge is -2.37. The summed E-state index contributed by atoms with van der Waals surface area (Å²) in [7, 11) is 1.81. The van der Waals surface area contributed by atoms with Crippen molar-refractivity contribution in [3.05, 3.63) is 35.9 Å². The molecule has 1 aliphatic rings. The van der Waals surface area contributed by atoms with Gasteiger partial charge in [0.05, 0.1) is 6.61 Å². The van der Waals surface area contributed by atoms with Crippen LogP contribution in [0.1, 0.15) is 51.7 Å². The predicted octanol–water partition coefficient (Wildman–Crippen LogP) is 4.35. The number of phenols is 1. The maximum absolute atomic E-state index is 12.3. The van der Waals surface area contributed by atoms with Gasteiger partial charge in [-0.05, 0) is 59.1 Å². The maximum Gasteiger partial charge on any atom is 0.410 e. The fourth-order valence-electron chi connectivity index (χ4n) is 3.60. The highest BCUT2D eigenvalue weighted by Crippen LogP contribution is 2.31. The van der Waals surface area contributed by atoms with E-state index in [4.69, 9.17) is 9.47 Å². The second-order valence-electron chi connectivity index (χ2n) is 8.61. The Morgan fingerprint density at radius 1 is 1.31 bits per heavy atom. The smallest absolute Gasteiger partial charge is 0.410 e. The van der Waals surface area contributed by atoms with Gasteiger partial charge in [-0.1, -0.05) is 6.08 Å². The van der Waals surface area contributed by atoms with Gasteiger partial charge < -0.3 is 19.5 Å². The van der Waals surface area contributed by atoms with Crippen LogP contribution in [0.4, 0.5) is 4.79 Å². The zero-order chi connectivity index (χ0) is 21.6. The van der Waals surface area contributed by atoms with Gasteiger partial charge in [-0.25, -0.2) is 4.79 Å². The number of ether oxygens (including phenoxy) is 2. The maximum atomic E-state index is 12.3. The van der Waals surface area contributed by atoms with Gasteiger partial charge in [0.1, 0.15) is 17.1 Å². The molecule has 6 nitrogen and oxygen atoms in total. The number of piperidine rings is 1. The Hall–Kier alpha value is -2.21. The zero-order valence-corrected chi connectivity index (χ0v) is 18.5. The molecule has 0 spiro atoms. The summed E-state index contributed by atoms with van der Waals surface area (Å²) in [5.41, 5.74) is 1.21. The van der Waals surface area contributed by atoms with Gasteiger partial charge in [0.2, 0.25) is 0 Å². The van der Waals surface area contributed by atoms with Crippen LogP contribution in [-0.4, -0.2) is 59.4 Å². The van der Waals surface area contributed by atoms with E-state index >= 15 is 0 Å². The number of aromatic hydroxyl groups is 1. The summed E-state index contributed by atoms with van der Waals surface area (Å²) < 4.78 is 11.2. The number of phenolic OH excluding ortho intramolecular Hbond substituents is 1. The minimum Gasteiger partial charge on any atom is -0.507 e. The Bertz CT molecular complexity index is 704. The number of likely N-dealkylation sites (tertiary alicyclic amines) is 1. The number of carbonyl (C=O) groups is 1. The molecule has 162 valence electrons. The summed E-state index contributed by atoms with van der Waals surface area (Å²) in [5, 5.41) is 10.7. The molecule has 1 fully saturated rings. The lowest BCUT2D eigenvalue weighted by molar-refractivity contribution is 0.0148. The normalized spacial score (nSPS) is 15.8. The molecule has 1 aromatic carbocycles. The molecule has 1 saturated heterocycles. The summed E-state index contributed by atoms with van der Waals surface area (Å²) in [6.07, 6.45) is 3.87. The molecule has 1 amide bonds. The number of rotatable bonds is 7. The molecule has 0 atom stereocenters. The van der Waals surface area contributed by atoms with Crippen molar-refractivity contribution in [1.29, 1.82) is 0 Å². The molecule has 1 N–H and O–H groups in total. The van der Waals surface area contributed by atoms with Gasteiger partial charge in [-0.15, -0.1) is 6.58 Å². The summed E-state index contributed by atoms with van der Waals surface area (Å²) in [4.78, 5) is 16.3. The Kier molecular flexibility index (Phi) is 7.96. The first-order valence-corrected chi connectivity index (χ1v) is 10.4. The predicted molar refractivity (Wildman–Crippen MR) is 115 cm³/mol. The van der Waals surface area contributed by atoms with Crippen LogP contribution in [0.2, 0.25) is 0 Å². The molecule has 0 aliphatic carbocycles. The molecule has 1 heterocycles. The second kappa shape index (κ2) is 10.0. The van der Waals surface area contributed by atoms with Crippen molar-refractivity contribution < 1.29 is 19.4 Å². The Morgan fingerprint density at radius 3 is 2.48 bits per heavy atom. The summed E-state index contributed by atoms with van der Waals surface area (Å²) in [6.45, 7) is 14.3. The lowest BCUT2D eigenvalue weighted by Crippen LogP contribution is -2.46. The molecule has 0 radical (unpaired) electrons. The quantitative estimate of drug-likeness (QED) is 0.685. The fraction of sp³-hybridized carbons (Fsp3) is 0.609. The van der Waals surface area contributed by atoms with E-state index in [1.807, 2.05) is 46.9 Å². The SMILES string of the molecule is C=CCc1cc(OCC)cc(CN2CCC(N(C)C(=O)OC(C)(C)C)CC2)c1O. The van der Waals surface area contributed by atoms with E-state index in [1.165, 1.54) is 0 Å². The molecular weight excluding hydrogens is 368 g/mol. The molecule has 0 aromatic heterocycles. The Labute approximate surface area is 175 Å². The van der Waals surface area contributed by atoms with Gasteiger partial charge >= 0.3 is 6.09 Å². The lowest BCUT2D eigenvalue weighted by atomic mass is 10.0. The number of benzene rings is 1. The number of allylic oxidation sites excluding steroid dienone is 1. The van der Waals surface area contributed by atoms with Crippen LogP contribution in [0.3, 0.4) is 0 Å². The third-order valence-electron chi connectivity index (χ3n) is 5.10. The van der Waals surface area contributed by atoms with Crippen LogP contribution >= 0.6 is 0 Å². The third-order valence-corrected chi connectivity index (χ3v) is 5.10. The van der Waals surface area contributed by atoms with E-state index < -0.39 is 5.60 Å². The van der Waals surface area contributed by atoms with Gasteiger partial charge in [-0.3, -0.25) is 4.90 Å². The van der Waals surface area contributed by atoms with Gasteiger partial charge in [0.25, 0.3) is 0 Å². The minimum absolute atomic E-state index is 0.167. The van der Waals surface area contributed by atoms with E-state index in [-0.39, 0.29) is 12.1 Å². The first-order valence-electron chi connectivity index (χ1n) is 10.4. The number of hydrogen-bond donors (Lipinski definition) is 1. The number of nitrogens with zero attached hydrogens (tertiary/aromatic N) is 2. The molecule has 2 rings (SSSR count). The molecule has 6 heteroatoms. The summed E-state index contributed by atoms with van der Waals surface area (Å²) in [5.74, 6) is 1.10. The van der Waals surface area contributed by atoms with Gasteiger partial charge in [0, 0.05) is 43.9 Å². The van der Waals surface area contributed by atoms with Crippen molar-refractivity contribution in [3.8, 4) is 11.5 Å². The molecular formula is C23H36N2O4. The van der Waals surface area contributed by atoms with E-state index in [9.17, 15) is 9.90 Å². The summed E-state index contributed by atoms with van der Waals surface area (Å²) in [6, 6.07) is 3.97. The molecule has 29 heavy (non-hydrogen) atoms. The highest BCUT2D eigenvalue weighted by molar-refractivity contribution is 5.68. The van der Waals surface area contributed by atoms with Crippen LogP contribution in [0.25, 0.3) is 0 Å². The first-order chi connectivity index (χ1) is 13.6. The average Bonchev–Trinajstić information content (AvgIpc) is 2.64. The molecule has 0 bridgehead atoms. The second-order valence-corrected chi connectivity index (χ2v) is 8.61. The molecule has 1 aliphatic heterocycles. The van der Waals surface area contributed by atoms with Crippen LogP contribution in [0.15, 0.2) is 24.8 Å². The van der Waals surface area contributed by atoms with E-state index in [1.54, 1.807) is 11.0 Å². The van der Waals surface area contributed by atoms with Crippen molar-refractivity contribution >= 4 is 6.09 Å². The zero-order valence-electron chi connectivity index (χ0n) is 18.5. The average molecular weight is 405 g/mol. The molecule has 0 saturated carbocycles. The van der Waals surface area contributed by atoms with Crippen molar-refractivity contribution in [3.63, 3.8) is 0 Å². The fourth-order valence-corrected chi connectivity index (χ4v) is 3.60. The van der Waals surface area contributed by atoms with Crippen LogP contribution in [0, 0.1) is 0 Å². The monoisotopic (exact) mass is 404 g/mol. The first kappa shape index (κ1) is 23.1. The van der Waals surface area contributed by atoms with Crippen molar-refractivity contribution in [2.24, 2.45) is 0 Å². The standard InChI is InChI=1S/C23H36N2O4/c1-7-9-17-14-20(28-8-2)15-18(21(17)26)16-25-12-10-19(11-13-25)24(6)22(27)29-23(3,4)5/h7,14-15,19,26H,1,8-13,16H2,2-6H3. The Morgan fingerprint density at radius 2 is 1.93 bits per heavy atom. The third kappa shape index (κ3) is 6.67. The highest BCUT2D eigenvalue weighted by atomic mass is 16.6. The highest BCUT2D eigenvalue weighted by Gasteiger charge is 2.29. The topological polar surface area (TPSA) is 62.2 Å². The van der Waals surface area contributed by atoms with Crippen molar-refractivity contribution in [2.75, 3.05) is 26.7 Å². The van der Waals surface area contributed by atoms with Gasteiger partial charge in [0.15, 0.2) is 0 Å². The van der Waals surface area contributed by atoms with E-state index in [0.29, 0.717) is 25.3 Å². The van der Waals surface area contributed by atoms with E-state index in [2.05, 4.69) is 11.5 Å². The largest absolute Gasteiger partial charge is 0.507 e.